The van der Waals surface area contributed by atoms with Crippen LogP contribution in [0.5, 0.6) is 0 Å². The summed E-state index contributed by atoms with van der Waals surface area (Å²) in [4.78, 5) is 0. The van der Waals surface area contributed by atoms with E-state index in [4.69, 9.17) is 11.1 Å². The van der Waals surface area contributed by atoms with Crippen LogP contribution in [0.1, 0.15) is 23.1 Å². The molecule has 0 saturated heterocycles. The first kappa shape index (κ1) is 9.92. The molecule has 2 heteroatoms. The van der Waals surface area contributed by atoms with E-state index in [9.17, 15) is 0 Å². The Kier molecular flexibility index (Phi) is 1.77. The minimum absolute atomic E-state index is 1.07. The van der Waals surface area contributed by atoms with E-state index in [-0.39, 0.29) is 0 Å². The van der Waals surface area contributed by atoms with E-state index < -0.39 is 7.38 Å². The van der Waals surface area contributed by atoms with Gasteiger partial charge in [0.1, 0.15) is 0 Å². The lowest BCUT2D eigenvalue weighted by Gasteiger charge is -2.16. The minimum atomic E-state index is -1.58. The van der Waals surface area contributed by atoms with Crippen LogP contribution in [0.25, 0.3) is 10.8 Å². The molecule has 1 aliphatic heterocycles. The van der Waals surface area contributed by atoms with Crippen molar-refractivity contribution in [3.05, 3.63) is 58.3 Å². The molecule has 0 N–H and O–H groups in total. The molecule has 2 aliphatic carbocycles. The minimum Gasteiger partial charge on any atom is -0.155 e. The van der Waals surface area contributed by atoms with E-state index in [0.29, 0.717) is 0 Å². The number of hydrogen-bond acceptors (Lipinski definition) is 0. The van der Waals surface area contributed by atoms with Crippen molar-refractivity contribution in [1.29, 1.82) is 0 Å². The second-order valence-corrected chi connectivity index (χ2v) is 10.6. The quantitative estimate of drug-likeness (QED) is 0.521. The third kappa shape index (κ3) is 1.19. The standard InChI is InChI=1S/C15H13ClSi/c1-17(16)13-9-11-7-4-8-12(14(11)15(13)17)10-5-2-3-6-10/h2-5,7-8H,6,9H2,1H3. The summed E-state index contributed by atoms with van der Waals surface area (Å²) in [5.41, 5.74) is 5.85. The molecule has 0 radical (unpaired) electrons. The Hall–Kier alpha value is -1.05. The second-order valence-electron chi connectivity index (χ2n) is 5.20. The van der Waals surface area contributed by atoms with Crippen molar-refractivity contribution in [3.8, 4) is 0 Å². The van der Waals surface area contributed by atoms with Gasteiger partial charge in [0.15, 0.2) is 0 Å². The number of rotatable bonds is 1. The Morgan fingerprint density at radius 2 is 2.18 bits per heavy atom. The molecule has 0 bridgehead atoms. The summed E-state index contributed by atoms with van der Waals surface area (Å²) in [5, 5.41) is 3.12. The highest BCUT2D eigenvalue weighted by Gasteiger charge is 2.55. The first-order valence-electron chi connectivity index (χ1n) is 6.11. The van der Waals surface area contributed by atoms with Gasteiger partial charge in [-0.05, 0) is 46.8 Å². The van der Waals surface area contributed by atoms with E-state index in [1.54, 1.807) is 5.20 Å². The van der Waals surface area contributed by atoms with E-state index >= 15 is 0 Å². The third-order valence-electron chi connectivity index (χ3n) is 4.16. The molecular weight excluding hydrogens is 244 g/mol. The second kappa shape index (κ2) is 3.04. The molecular formula is C15H13ClSi. The van der Waals surface area contributed by atoms with Crippen LogP contribution in [0.4, 0.5) is 0 Å². The predicted octanol–water partition coefficient (Wildman–Crippen LogP) is 4.25. The molecule has 1 atom stereocenters. The highest BCUT2D eigenvalue weighted by molar-refractivity contribution is 7.41. The first-order valence-corrected chi connectivity index (χ1v) is 9.62. The number of halogens is 1. The van der Waals surface area contributed by atoms with Gasteiger partial charge in [-0.1, -0.05) is 41.6 Å². The van der Waals surface area contributed by atoms with E-state index in [0.717, 1.165) is 12.8 Å². The summed E-state index contributed by atoms with van der Waals surface area (Å²) >= 11 is 6.65. The lowest BCUT2D eigenvalue weighted by molar-refractivity contribution is 1.26. The SMILES string of the molecule is C[Si]1(Cl)C2=C1c1c(cccc1C1=CC=CC1)C2. The van der Waals surface area contributed by atoms with Crippen LogP contribution < -0.4 is 0 Å². The van der Waals surface area contributed by atoms with Crippen molar-refractivity contribution >= 4 is 29.2 Å². The number of benzene rings is 1. The third-order valence-corrected chi connectivity index (χ3v) is 8.21. The van der Waals surface area contributed by atoms with Crippen LogP contribution in [0, 0.1) is 0 Å². The van der Waals surface area contributed by atoms with Crippen LogP contribution in [0.2, 0.25) is 6.55 Å². The van der Waals surface area contributed by atoms with Crippen molar-refractivity contribution in [3.63, 3.8) is 0 Å². The summed E-state index contributed by atoms with van der Waals surface area (Å²) in [5.74, 6) is 0. The molecule has 0 amide bonds. The number of hydrogen-bond donors (Lipinski definition) is 0. The lowest BCUT2D eigenvalue weighted by Crippen LogP contribution is -2.13. The lowest BCUT2D eigenvalue weighted by atomic mass is 9.96. The monoisotopic (exact) mass is 256 g/mol. The fourth-order valence-electron chi connectivity index (χ4n) is 3.20. The van der Waals surface area contributed by atoms with Crippen molar-refractivity contribution in [2.24, 2.45) is 0 Å². The Balaban J connectivity index is 1.89. The van der Waals surface area contributed by atoms with Crippen LogP contribution >= 0.6 is 11.1 Å². The van der Waals surface area contributed by atoms with Crippen molar-refractivity contribution in [2.75, 3.05) is 0 Å². The average Bonchev–Trinajstić information content (AvgIpc) is 2.82. The Labute approximate surface area is 107 Å². The zero-order chi connectivity index (χ0) is 11.6. The van der Waals surface area contributed by atoms with Crippen molar-refractivity contribution in [1.82, 2.24) is 0 Å². The zero-order valence-corrected chi connectivity index (χ0v) is 11.5. The van der Waals surface area contributed by atoms with Gasteiger partial charge >= 0.3 is 0 Å². The zero-order valence-electron chi connectivity index (χ0n) is 9.76. The van der Waals surface area contributed by atoms with Gasteiger partial charge in [0.05, 0.1) is 0 Å². The fraction of sp³-hybridized carbons (Fsp3) is 0.200. The van der Waals surface area contributed by atoms with Crippen LogP contribution in [0.15, 0.2) is 41.6 Å². The van der Waals surface area contributed by atoms with Gasteiger partial charge in [-0.3, -0.25) is 0 Å². The highest BCUT2D eigenvalue weighted by Crippen LogP contribution is 2.59. The molecule has 1 aromatic rings. The van der Waals surface area contributed by atoms with E-state index in [1.807, 2.05) is 0 Å². The van der Waals surface area contributed by atoms with Gasteiger partial charge in [0.2, 0.25) is 7.38 Å². The Morgan fingerprint density at radius 1 is 1.29 bits per heavy atom. The molecule has 0 fully saturated rings. The number of allylic oxidation sites excluding steroid dienone is 5. The van der Waals surface area contributed by atoms with Gasteiger partial charge in [-0.25, -0.2) is 0 Å². The maximum atomic E-state index is 6.65. The van der Waals surface area contributed by atoms with Crippen LogP contribution in [-0.2, 0) is 6.42 Å². The molecule has 1 unspecified atom stereocenters. The maximum Gasteiger partial charge on any atom is 0.210 e. The summed E-state index contributed by atoms with van der Waals surface area (Å²) in [7, 11) is -1.58. The topological polar surface area (TPSA) is 0 Å². The van der Waals surface area contributed by atoms with Gasteiger partial charge < -0.3 is 0 Å². The van der Waals surface area contributed by atoms with Crippen LogP contribution in [0.3, 0.4) is 0 Å². The Bertz CT molecular complexity index is 632. The molecule has 17 heavy (non-hydrogen) atoms. The van der Waals surface area contributed by atoms with Gasteiger partial charge in [0.25, 0.3) is 0 Å². The smallest absolute Gasteiger partial charge is 0.155 e. The van der Waals surface area contributed by atoms with Crippen LogP contribution in [-0.4, -0.2) is 7.38 Å². The maximum absolute atomic E-state index is 6.65. The normalized spacial score (nSPS) is 28.2. The largest absolute Gasteiger partial charge is 0.210 e. The predicted molar refractivity (Wildman–Crippen MR) is 76.3 cm³/mol. The number of fused-ring (bicyclic) bond motifs is 2. The summed E-state index contributed by atoms with van der Waals surface area (Å²) in [6, 6.07) is 6.70. The van der Waals surface area contributed by atoms with Gasteiger partial charge in [0, 0.05) is 0 Å². The molecule has 84 valence electrons. The highest BCUT2D eigenvalue weighted by atomic mass is 35.6. The van der Waals surface area contributed by atoms with Gasteiger partial charge in [-0.15, -0.1) is 0 Å². The van der Waals surface area contributed by atoms with E-state index in [1.165, 1.54) is 27.5 Å². The molecule has 0 nitrogen and oxygen atoms in total. The average molecular weight is 257 g/mol. The summed E-state index contributed by atoms with van der Waals surface area (Å²) in [6.45, 7) is 2.26. The summed E-state index contributed by atoms with van der Waals surface area (Å²) in [6.07, 6.45) is 8.81. The molecule has 4 rings (SSSR count). The first-order chi connectivity index (χ1) is 8.19. The molecule has 0 spiro atoms. The fourth-order valence-corrected chi connectivity index (χ4v) is 7.30. The van der Waals surface area contributed by atoms with Crippen molar-refractivity contribution < 1.29 is 0 Å². The van der Waals surface area contributed by atoms with Gasteiger partial charge in [-0.2, -0.15) is 11.1 Å². The molecule has 1 aromatic carbocycles. The van der Waals surface area contributed by atoms with Crippen molar-refractivity contribution in [2.45, 2.75) is 19.4 Å². The molecule has 0 saturated carbocycles. The molecule has 1 heterocycles. The van der Waals surface area contributed by atoms with E-state index in [2.05, 4.69) is 43.0 Å². The summed E-state index contributed by atoms with van der Waals surface area (Å²) < 4.78 is 0. The molecule has 0 aromatic heterocycles. The Morgan fingerprint density at radius 3 is 2.94 bits per heavy atom. The molecule has 3 aliphatic rings.